The van der Waals surface area contributed by atoms with E-state index in [0.717, 1.165) is 38.5 Å². The van der Waals surface area contributed by atoms with Crippen molar-refractivity contribution in [3.8, 4) is 0 Å². The van der Waals surface area contributed by atoms with Crippen LogP contribution in [0.1, 0.15) is 125 Å². The number of unbranched alkanes of at least 4 members (excludes halogenated alkanes) is 9. The lowest BCUT2D eigenvalue weighted by Crippen LogP contribution is -2.20. The quantitative estimate of drug-likeness (QED) is 0.194. The van der Waals surface area contributed by atoms with E-state index in [-0.39, 0.29) is 6.10 Å². The molecule has 0 aliphatic rings. The van der Waals surface area contributed by atoms with Crippen LogP contribution in [-0.2, 0) is 9.47 Å². The second-order valence-electron chi connectivity index (χ2n) is 8.09. The molecule has 170 valence electrons. The standard InChI is InChI=1S/C26H42O4/c1-4-7-9-10-11-12-13-14-17-21-29-25(27)23-19-15-16-20-24(23)26(28)30-22(6-3)18-8-5-2/h15-16,19-20,22H,4-14,17-18,21H2,1-3H3. The van der Waals surface area contributed by atoms with Crippen LogP contribution < -0.4 is 0 Å². The number of esters is 2. The van der Waals surface area contributed by atoms with E-state index in [0.29, 0.717) is 17.7 Å². The summed E-state index contributed by atoms with van der Waals surface area (Å²) in [5, 5.41) is 0. The van der Waals surface area contributed by atoms with Gasteiger partial charge < -0.3 is 9.47 Å². The molecule has 1 atom stereocenters. The number of benzene rings is 1. The summed E-state index contributed by atoms with van der Waals surface area (Å²) in [4.78, 5) is 25.1. The van der Waals surface area contributed by atoms with Crippen LogP contribution in [0.15, 0.2) is 24.3 Å². The first-order valence-corrected chi connectivity index (χ1v) is 12.1. The number of ether oxygens (including phenoxy) is 2. The lowest BCUT2D eigenvalue weighted by molar-refractivity contribution is 0.0258. The highest BCUT2D eigenvalue weighted by atomic mass is 16.5. The lowest BCUT2D eigenvalue weighted by Gasteiger charge is -2.17. The molecule has 0 amide bonds. The molecule has 1 aromatic rings. The molecule has 1 aromatic carbocycles. The fourth-order valence-corrected chi connectivity index (χ4v) is 3.49. The minimum atomic E-state index is -0.441. The van der Waals surface area contributed by atoms with Gasteiger partial charge in [-0.2, -0.15) is 0 Å². The Morgan fingerprint density at radius 3 is 1.83 bits per heavy atom. The predicted octanol–water partition coefficient (Wildman–Crippen LogP) is 7.50. The molecule has 0 saturated heterocycles. The zero-order chi connectivity index (χ0) is 22.0. The maximum absolute atomic E-state index is 12.6. The molecule has 0 aliphatic heterocycles. The number of carbonyl (C=O) groups excluding carboxylic acids is 2. The third kappa shape index (κ3) is 10.8. The van der Waals surface area contributed by atoms with Crippen molar-refractivity contribution in [2.24, 2.45) is 0 Å². The molecule has 0 heterocycles. The van der Waals surface area contributed by atoms with E-state index >= 15 is 0 Å². The van der Waals surface area contributed by atoms with Gasteiger partial charge in [-0.15, -0.1) is 0 Å². The van der Waals surface area contributed by atoms with Crippen molar-refractivity contribution in [1.29, 1.82) is 0 Å². The number of hydrogen-bond acceptors (Lipinski definition) is 4. The monoisotopic (exact) mass is 418 g/mol. The van der Waals surface area contributed by atoms with Crippen molar-refractivity contribution in [2.45, 2.75) is 110 Å². The average molecular weight is 419 g/mol. The van der Waals surface area contributed by atoms with Crippen LogP contribution in [0, 0.1) is 0 Å². The molecule has 0 spiro atoms. The normalized spacial score (nSPS) is 11.8. The van der Waals surface area contributed by atoms with Crippen LogP contribution >= 0.6 is 0 Å². The summed E-state index contributed by atoms with van der Waals surface area (Å²) in [7, 11) is 0. The molecule has 0 fully saturated rings. The van der Waals surface area contributed by atoms with Gasteiger partial charge in [0.15, 0.2) is 0 Å². The Balaban J connectivity index is 2.40. The van der Waals surface area contributed by atoms with E-state index < -0.39 is 11.9 Å². The minimum Gasteiger partial charge on any atom is -0.462 e. The Hall–Kier alpha value is -1.84. The predicted molar refractivity (Wildman–Crippen MR) is 123 cm³/mol. The van der Waals surface area contributed by atoms with Gasteiger partial charge in [0.2, 0.25) is 0 Å². The summed E-state index contributed by atoms with van der Waals surface area (Å²) < 4.78 is 11.1. The van der Waals surface area contributed by atoms with Gasteiger partial charge >= 0.3 is 11.9 Å². The Morgan fingerprint density at radius 2 is 1.27 bits per heavy atom. The Bertz CT molecular complexity index is 596. The van der Waals surface area contributed by atoms with Crippen LogP contribution in [0.3, 0.4) is 0 Å². The van der Waals surface area contributed by atoms with Gasteiger partial charge in [0.05, 0.1) is 17.7 Å². The van der Waals surface area contributed by atoms with Crippen LogP contribution in [0.4, 0.5) is 0 Å². The van der Waals surface area contributed by atoms with Crippen molar-refractivity contribution < 1.29 is 19.1 Å². The van der Waals surface area contributed by atoms with Crippen LogP contribution in [0.2, 0.25) is 0 Å². The highest BCUT2D eigenvalue weighted by molar-refractivity contribution is 6.03. The Morgan fingerprint density at radius 1 is 0.733 bits per heavy atom. The van der Waals surface area contributed by atoms with E-state index in [1.54, 1.807) is 24.3 Å². The highest BCUT2D eigenvalue weighted by Gasteiger charge is 2.21. The molecular formula is C26H42O4. The molecule has 0 N–H and O–H groups in total. The van der Waals surface area contributed by atoms with Gasteiger partial charge in [0.25, 0.3) is 0 Å². The average Bonchev–Trinajstić information content (AvgIpc) is 2.77. The van der Waals surface area contributed by atoms with Crippen LogP contribution in [0.25, 0.3) is 0 Å². The summed E-state index contributed by atoms with van der Waals surface area (Å²) in [6.45, 7) is 6.76. The molecule has 30 heavy (non-hydrogen) atoms. The van der Waals surface area contributed by atoms with E-state index in [1.165, 1.54) is 44.9 Å². The van der Waals surface area contributed by atoms with E-state index in [9.17, 15) is 9.59 Å². The molecular weight excluding hydrogens is 376 g/mol. The minimum absolute atomic E-state index is 0.108. The molecule has 1 unspecified atom stereocenters. The first kappa shape index (κ1) is 26.2. The SMILES string of the molecule is CCCCCCCCCCCOC(=O)c1ccccc1C(=O)OC(CC)CCCC. The van der Waals surface area contributed by atoms with Gasteiger partial charge in [-0.3, -0.25) is 0 Å². The summed E-state index contributed by atoms with van der Waals surface area (Å²) in [5.41, 5.74) is 0.591. The molecule has 4 heteroatoms. The van der Waals surface area contributed by atoms with Crippen molar-refractivity contribution in [2.75, 3.05) is 6.61 Å². The maximum atomic E-state index is 12.6. The molecule has 0 radical (unpaired) electrons. The molecule has 0 aliphatic carbocycles. The maximum Gasteiger partial charge on any atom is 0.339 e. The van der Waals surface area contributed by atoms with Crippen molar-refractivity contribution >= 4 is 11.9 Å². The van der Waals surface area contributed by atoms with Gasteiger partial charge in [0, 0.05) is 0 Å². The second-order valence-corrected chi connectivity index (χ2v) is 8.09. The molecule has 0 saturated carbocycles. The molecule has 4 nitrogen and oxygen atoms in total. The fourth-order valence-electron chi connectivity index (χ4n) is 3.49. The third-order valence-electron chi connectivity index (χ3n) is 5.46. The van der Waals surface area contributed by atoms with E-state index in [4.69, 9.17) is 9.47 Å². The summed E-state index contributed by atoms with van der Waals surface area (Å²) >= 11 is 0. The zero-order valence-corrected chi connectivity index (χ0v) is 19.4. The summed E-state index contributed by atoms with van der Waals surface area (Å²) in [6, 6.07) is 6.79. The fraction of sp³-hybridized carbons (Fsp3) is 0.692. The smallest absolute Gasteiger partial charge is 0.339 e. The van der Waals surface area contributed by atoms with Crippen molar-refractivity contribution in [3.63, 3.8) is 0 Å². The van der Waals surface area contributed by atoms with Gasteiger partial charge in [-0.05, 0) is 31.4 Å². The van der Waals surface area contributed by atoms with Crippen molar-refractivity contribution in [3.05, 3.63) is 35.4 Å². The van der Waals surface area contributed by atoms with Gasteiger partial charge in [-0.25, -0.2) is 9.59 Å². The van der Waals surface area contributed by atoms with Gasteiger partial charge in [-0.1, -0.05) is 97.1 Å². The second kappa shape index (κ2) is 16.9. The topological polar surface area (TPSA) is 52.6 Å². The number of hydrogen-bond donors (Lipinski definition) is 0. The number of rotatable bonds is 17. The molecule has 0 aromatic heterocycles. The Kier molecular flexibility index (Phi) is 14.8. The lowest BCUT2D eigenvalue weighted by atomic mass is 10.1. The van der Waals surface area contributed by atoms with Crippen LogP contribution in [-0.4, -0.2) is 24.6 Å². The molecule has 0 bridgehead atoms. The van der Waals surface area contributed by atoms with Gasteiger partial charge in [0.1, 0.15) is 6.10 Å². The summed E-state index contributed by atoms with van der Waals surface area (Å²) in [6.07, 6.45) is 14.6. The first-order chi connectivity index (χ1) is 14.6. The highest BCUT2D eigenvalue weighted by Crippen LogP contribution is 2.17. The zero-order valence-electron chi connectivity index (χ0n) is 19.4. The molecule has 1 rings (SSSR count). The Labute approximate surface area is 183 Å². The number of carbonyl (C=O) groups is 2. The third-order valence-corrected chi connectivity index (χ3v) is 5.46. The van der Waals surface area contributed by atoms with E-state index in [1.807, 2.05) is 6.92 Å². The van der Waals surface area contributed by atoms with E-state index in [2.05, 4.69) is 13.8 Å². The summed E-state index contributed by atoms with van der Waals surface area (Å²) in [5.74, 6) is -0.878. The largest absolute Gasteiger partial charge is 0.462 e. The first-order valence-electron chi connectivity index (χ1n) is 12.1. The van der Waals surface area contributed by atoms with Crippen molar-refractivity contribution in [1.82, 2.24) is 0 Å². The van der Waals surface area contributed by atoms with Crippen LogP contribution in [0.5, 0.6) is 0 Å².